The Morgan fingerprint density at radius 3 is 2.25 bits per heavy atom. The quantitative estimate of drug-likeness (QED) is 0.869. The summed E-state index contributed by atoms with van der Waals surface area (Å²) < 4.78 is 10.3. The summed E-state index contributed by atoms with van der Waals surface area (Å²) in [4.78, 5) is 18.9. The van der Waals surface area contributed by atoms with E-state index in [9.17, 15) is 4.79 Å². The van der Waals surface area contributed by atoms with Gasteiger partial charge in [0.15, 0.2) is 5.82 Å². The highest BCUT2D eigenvalue weighted by molar-refractivity contribution is 5.92. The first kappa shape index (κ1) is 13.6. The van der Waals surface area contributed by atoms with Gasteiger partial charge in [-0.25, -0.2) is 14.8 Å². The van der Waals surface area contributed by atoms with Gasteiger partial charge in [0, 0.05) is 17.8 Å². The molecule has 3 N–H and O–H groups in total. The molecular formula is C13H13N3O4. The molecule has 0 atom stereocenters. The molecule has 2 rings (SSSR count). The van der Waals surface area contributed by atoms with Gasteiger partial charge in [0.2, 0.25) is 0 Å². The normalized spacial score (nSPS) is 10.1. The lowest BCUT2D eigenvalue weighted by molar-refractivity contribution is 0.0697. The van der Waals surface area contributed by atoms with Crippen LogP contribution < -0.4 is 15.2 Å². The lowest BCUT2D eigenvalue weighted by Gasteiger charge is -2.08. The number of aromatic carboxylic acids is 1. The number of carboxylic acid groups (broad SMARTS) is 1. The second kappa shape index (κ2) is 5.43. The summed E-state index contributed by atoms with van der Waals surface area (Å²) in [5.41, 5.74) is 6.09. The number of nitrogens with zero attached hydrogens (tertiary/aromatic N) is 2. The highest BCUT2D eigenvalue weighted by Crippen LogP contribution is 2.28. The van der Waals surface area contributed by atoms with E-state index in [1.807, 2.05) is 0 Å². The van der Waals surface area contributed by atoms with Crippen molar-refractivity contribution in [2.45, 2.75) is 0 Å². The Morgan fingerprint density at radius 1 is 1.20 bits per heavy atom. The summed E-state index contributed by atoms with van der Waals surface area (Å²) in [6.07, 6.45) is 1.17. The largest absolute Gasteiger partial charge is 0.497 e. The summed E-state index contributed by atoms with van der Waals surface area (Å²) in [6.45, 7) is 0. The fourth-order valence-electron chi connectivity index (χ4n) is 1.64. The van der Waals surface area contributed by atoms with Gasteiger partial charge in [-0.2, -0.15) is 0 Å². The Labute approximate surface area is 115 Å². The predicted molar refractivity (Wildman–Crippen MR) is 71.9 cm³/mol. The van der Waals surface area contributed by atoms with Crippen molar-refractivity contribution in [1.82, 2.24) is 9.97 Å². The van der Waals surface area contributed by atoms with Gasteiger partial charge in [0.1, 0.15) is 22.9 Å². The maximum Gasteiger partial charge on any atom is 0.341 e. The molecule has 0 aliphatic rings. The summed E-state index contributed by atoms with van der Waals surface area (Å²) in [6, 6.07) is 5.12. The maximum atomic E-state index is 10.9. The molecule has 1 aromatic carbocycles. The number of anilines is 1. The molecule has 0 saturated heterocycles. The van der Waals surface area contributed by atoms with Gasteiger partial charge < -0.3 is 20.3 Å². The molecule has 0 radical (unpaired) electrons. The SMILES string of the molecule is COc1cc(OC)cc(-c2ncc(C(=O)O)c(N)n2)c1. The van der Waals surface area contributed by atoms with Crippen LogP contribution in [0.1, 0.15) is 10.4 Å². The first-order valence-corrected chi connectivity index (χ1v) is 5.64. The molecule has 7 heteroatoms. The molecule has 0 spiro atoms. The average Bonchev–Trinajstić information content (AvgIpc) is 2.46. The van der Waals surface area contributed by atoms with Crippen molar-refractivity contribution < 1.29 is 19.4 Å². The molecule has 0 saturated carbocycles. The van der Waals surface area contributed by atoms with Gasteiger partial charge in [-0.15, -0.1) is 0 Å². The second-order valence-corrected chi connectivity index (χ2v) is 3.90. The molecule has 104 valence electrons. The van der Waals surface area contributed by atoms with Gasteiger partial charge in [-0.1, -0.05) is 0 Å². The van der Waals surface area contributed by atoms with Gasteiger partial charge in [-0.05, 0) is 12.1 Å². The van der Waals surface area contributed by atoms with E-state index in [0.717, 1.165) is 0 Å². The number of aromatic nitrogens is 2. The van der Waals surface area contributed by atoms with E-state index in [1.54, 1.807) is 18.2 Å². The van der Waals surface area contributed by atoms with E-state index in [-0.39, 0.29) is 11.4 Å². The molecule has 0 bridgehead atoms. The number of hydrogen-bond acceptors (Lipinski definition) is 6. The number of carbonyl (C=O) groups is 1. The minimum atomic E-state index is -1.17. The first-order valence-electron chi connectivity index (χ1n) is 5.64. The van der Waals surface area contributed by atoms with Crippen LogP contribution in [-0.4, -0.2) is 35.3 Å². The molecule has 1 aromatic heterocycles. The topological polar surface area (TPSA) is 108 Å². The number of nitrogens with two attached hydrogens (primary N) is 1. The number of nitrogen functional groups attached to an aromatic ring is 1. The molecule has 7 nitrogen and oxygen atoms in total. The number of hydrogen-bond donors (Lipinski definition) is 2. The van der Waals surface area contributed by atoms with Crippen molar-refractivity contribution in [3.63, 3.8) is 0 Å². The Kier molecular flexibility index (Phi) is 3.69. The van der Waals surface area contributed by atoms with E-state index >= 15 is 0 Å². The van der Waals surface area contributed by atoms with Crippen LogP contribution >= 0.6 is 0 Å². The van der Waals surface area contributed by atoms with Gasteiger partial charge in [0.05, 0.1) is 14.2 Å². The minimum Gasteiger partial charge on any atom is -0.497 e. The van der Waals surface area contributed by atoms with Crippen LogP contribution in [0, 0.1) is 0 Å². The third kappa shape index (κ3) is 2.61. The van der Waals surface area contributed by atoms with Crippen LogP contribution in [0.4, 0.5) is 5.82 Å². The van der Waals surface area contributed by atoms with Crippen molar-refractivity contribution in [3.05, 3.63) is 30.0 Å². The zero-order valence-corrected chi connectivity index (χ0v) is 11.0. The fraction of sp³-hybridized carbons (Fsp3) is 0.154. The molecule has 20 heavy (non-hydrogen) atoms. The number of carboxylic acids is 1. The maximum absolute atomic E-state index is 10.9. The van der Waals surface area contributed by atoms with E-state index in [1.165, 1.54) is 20.4 Å². The Bertz CT molecular complexity index is 636. The second-order valence-electron chi connectivity index (χ2n) is 3.90. The monoisotopic (exact) mass is 275 g/mol. The van der Waals surface area contributed by atoms with Crippen LogP contribution in [0.3, 0.4) is 0 Å². The van der Waals surface area contributed by atoms with Crippen molar-refractivity contribution in [2.24, 2.45) is 0 Å². The highest BCUT2D eigenvalue weighted by atomic mass is 16.5. The molecule has 1 heterocycles. The van der Waals surface area contributed by atoms with E-state index in [2.05, 4.69) is 9.97 Å². The van der Waals surface area contributed by atoms with E-state index in [0.29, 0.717) is 22.9 Å². The Hall–Kier alpha value is -2.83. The minimum absolute atomic E-state index is 0.0933. The van der Waals surface area contributed by atoms with Crippen LogP contribution in [0.25, 0.3) is 11.4 Å². The smallest absolute Gasteiger partial charge is 0.341 e. The van der Waals surface area contributed by atoms with Crippen LogP contribution in [-0.2, 0) is 0 Å². The molecule has 0 amide bonds. The van der Waals surface area contributed by atoms with Crippen molar-refractivity contribution in [2.75, 3.05) is 20.0 Å². The van der Waals surface area contributed by atoms with Crippen molar-refractivity contribution in [1.29, 1.82) is 0 Å². The molecule has 0 aliphatic heterocycles. The standard InChI is InChI=1S/C13H13N3O4/c1-19-8-3-7(4-9(5-8)20-2)12-15-6-10(13(17)18)11(14)16-12/h3-6H,1-2H3,(H,17,18)(H2,14,15,16). The Morgan fingerprint density at radius 2 is 1.80 bits per heavy atom. The lowest BCUT2D eigenvalue weighted by atomic mass is 10.2. The predicted octanol–water partition coefficient (Wildman–Crippen LogP) is 1.44. The number of benzene rings is 1. The Balaban J connectivity index is 2.51. The van der Waals surface area contributed by atoms with E-state index < -0.39 is 5.97 Å². The highest BCUT2D eigenvalue weighted by Gasteiger charge is 2.13. The molecule has 2 aromatic rings. The summed E-state index contributed by atoms with van der Waals surface area (Å²) in [5, 5.41) is 8.89. The third-order valence-electron chi connectivity index (χ3n) is 2.66. The number of methoxy groups -OCH3 is 2. The molecular weight excluding hydrogens is 262 g/mol. The third-order valence-corrected chi connectivity index (χ3v) is 2.66. The number of rotatable bonds is 4. The zero-order valence-electron chi connectivity index (χ0n) is 11.0. The van der Waals surface area contributed by atoms with Crippen molar-refractivity contribution in [3.8, 4) is 22.9 Å². The van der Waals surface area contributed by atoms with Gasteiger partial charge in [-0.3, -0.25) is 0 Å². The zero-order chi connectivity index (χ0) is 14.7. The molecule has 0 fully saturated rings. The summed E-state index contributed by atoms with van der Waals surface area (Å²) >= 11 is 0. The molecule has 0 unspecified atom stereocenters. The van der Waals surface area contributed by atoms with Crippen molar-refractivity contribution >= 4 is 11.8 Å². The molecule has 0 aliphatic carbocycles. The number of ether oxygens (including phenoxy) is 2. The van der Waals surface area contributed by atoms with Gasteiger partial charge in [0.25, 0.3) is 0 Å². The van der Waals surface area contributed by atoms with Gasteiger partial charge >= 0.3 is 5.97 Å². The van der Waals surface area contributed by atoms with E-state index in [4.69, 9.17) is 20.3 Å². The summed E-state index contributed by atoms with van der Waals surface area (Å²) in [5.74, 6) is 0.180. The summed E-state index contributed by atoms with van der Waals surface area (Å²) in [7, 11) is 3.06. The average molecular weight is 275 g/mol. The van der Waals surface area contributed by atoms with Crippen LogP contribution in [0.15, 0.2) is 24.4 Å². The lowest BCUT2D eigenvalue weighted by Crippen LogP contribution is -2.06. The fourth-order valence-corrected chi connectivity index (χ4v) is 1.64. The first-order chi connectivity index (χ1) is 9.55. The van der Waals surface area contributed by atoms with Crippen LogP contribution in [0.5, 0.6) is 11.5 Å². The van der Waals surface area contributed by atoms with Crippen LogP contribution in [0.2, 0.25) is 0 Å².